The first-order valence-electron chi connectivity index (χ1n) is 13.5. The number of nitrogens with zero attached hydrogens (tertiary/aromatic N) is 5. The zero-order valence-electron chi connectivity index (χ0n) is 23.8. The Morgan fingerprint density at radius 2 is 1.89 bits per heavy atom. The van der Waals surface area contributed by atoms with Gasteiger partial charge in [-0.3, -0.25) is 0 Å². The van der Waals surface area contributed by atoms with Crippen LogP contribution in [0, 0.1) is 22.9 Å². The van der Waals surface area contributed by atoms with Gasteiger partial charge < -0.3 is 23.9 Å². The van der Waals surface area contributed by atoms with Crippen LogP contribution < -0.4 is 9.47 Å². The third-order valence-electron chi connectivity index (χ3n) is 7.49. The van der Waals surface area contributed by atoms with Gasteiger partial charge in [-0.15, -0.1) is 5.10 Å². The molecule has 1 fully saturated rings. The van der Waals surface area contributed by atoms with Crippen molar-refractivity contribution in [1.82, 2.24) is 24.7 Å². The van der Waals surface area contributed by atoms with Crippen LogP contribution in [0.1, 0.15) is 46.6 Å². The summed E-state index contributed by atoms with van der Waals surface area (Å²) in [5.74, 6) is -3.44. The van der Waals surface area contributed by atoms with Gasteiger partial charge in [0.25, 0.3) is 5.19 Å². The number of aromatic carboxylic acids is 1. The van der Waals surface area contributed by atoms with Gasteiger partial charge >= 0.3 is 5.97 Å². The van der Waals surface area contributed by atoms with E-state index in [9.17, 15) is 9.90 Å². The Hall–Kier alpha value is -4.56. The van der Waals surface area contributed by atoms with E-state index in [1.54, 1.807) is 22.8 Å². The second-order valence-electron chi connectivity index (χ2n) is 11.0. The maximum absolute atomic E-state index is 15.6. The Bertz CT molecular complexity index is 1870. The number of aromatic nitrogens is 5. The van der Waals surface area contributed by atoms with Crippen molar-refractivity contribution in [3.05, 3.63) is 81.9 Å². The largest absolute Gasteiger partial charge is 0.478 e. The van der Waals surface area contributed by atoms with E-state index >= 15 is 13.2 Å². The van der Waals surface area contributed by atoms with Gasteiger partial charge in [0, 0.05) is 29.0 Å². The molecule has 10 nitrogen and oxygen atoms in total. The summed E-state index contributed by atoms with van der Waals surface area (Å²) >= 11 is 1.21. The number of carboxylic acid groups (broad SMARTS) is 1. The molecule has 3 aromatic heterocycles. The van der Waals surface area contributed by atoms with Gasteiger partial charge in [0.15, 0.2) is 10.8 Å². The number of ether oxygens (including phenoxy) is 3. The zero-order valence-corrected chi connectivity index (χ0v) is 24.6. The van der Waals surface area contributed by atoms with Gasteiger partial charge in [0.2, 0.25) is 5.88 Å². The van der Waals surface area contributed by atoms with E-state index in [4.69, 9.17) is 14.2 Å². The summed E-state index contributed by atoms with van der Waals surface area (Å²) in [6.07, 6.45) is -0.317. The van der Waals surface area contributed by atoms with Gasteiger partial charge in [-0.05, 0) is 30.3 Å². The second-order valence-corrected chi connectivity index (χ2v) is 12.0. The van der Waals surface area contributed by atoms with Crippen molar-refractivity contribution in [2.45, 2.75) is 32.9 Å². The monoisotopic (exact) mass is 625 g/mol. The minimum atomic E-state index is -1.31. The highest BCUT2D eigenvalue weighted by Gasteiger charge is 2.39. The summed E-state index contributed by atoms with van der Waals surface area (Å²) < 4.78 is 64.4. The summed E-state index contributed by atoms with van der Waals surface area (Å²) in [5.41, 5.74) is -0.393. The molecule has 44 heavy (non-hydrogen) atoms. The van der Waals surface area contributed by atoms with Crippen LogP contribution >= 0.6 is 11.3 Å². The number of fused-ring (bicyclic) bond motifs is 1. The Balaban J connectivity index is 1.33. The lowest BCUT2D eigenvalue weighted by Gasteiger charge is -2.28. The highest BCUT2D eigenvalue weighted by atomic mass is 32.1. The summed E-state index contributed by atoms with van der Waals surface area (Å²) in [5, 5.41) is 18.3. The van der Waals surface area contributed by atoms with Crippen LogP contribution in [0.4, 0.5) is 13.2 Å². The molecule has 5 aromatic rings. The first-order valence-corrected chi connectivity index (χ1v) is 14.3. The molecule has 0 unspecified atom stereocenters. The number of carbonyl (C=O) groups is 1. The van der Waals surface area contributed by atoms with E-state index in [-0.39, 0.29) is 70.8 Å². The van der Waals surface area contributed by atoms with E-state index in [1.807, 2.05) is 13.8 Å². The van der Waals surface area contributed by atoms with Crippen LogP contribution in [0.5, 0.6) is 11.1 Å². The maximum Gasteiger partial charge on any atom is 0.335 e. The molecule has 1 aliphatic rings. The molecule has 1 atom stereocenters. The average molecular weight is 626 g/mol. The van der Waals surface area contributed by atoms with Crippen molar-refractivity contribution in [3.8, 4) is 22.3 Å². The fourth-order valence-electron chi connectivity index (χ4n) is 5.22. The zero-order chi connectivity index (χ0) is 31.2. The fraction of sp³-hybridized carbons (Fsp3) is 0.300. The average Bonchev–Trinajstić information content (AvgIpc) is 3.70. The Morgan fingerprint density at radius 1 is 1.11 bits per heavy atom. The first kappa shape index (κ1) is 29.5. The molecule has 0 amide bonds. The number of hydrogen-bond donors (Lipinski definition) is 1. The highest BCUT2D eigenvalue weighted by Crippen LogP contribution is 2.41. The van der Waals surface area contributed by atoms with E-state index < -0.39 is 28.8 Å². The van der Waals surface area contributed by atoms with Gasteiger partial charge in [-0.1, -0.05) is 36.3 Å². The lowest BCUT2D eigenvalue weighted by molar-refractivity contribution is 0.0696. The van der Waals surface area contributed by atoms with E-state index in [0.29, 0.717) is 16.8 Å². The molecule has 228 valence electrons. The Kier molecular flexibility index (Phi) is 7.72. The van der Waals surface area contributed by atoms with Crippen LogP contribution in [-0.2, 0) is 17.8 Å². The molecule has 1 N–H and O–H groups in total. The van der Waals surface area contributed by atoms with Crippen molar-refractivity contribution < 1.29 is 37.3 Å². The van der Waals surface area contributed by atoms with Gasteiger partial charge in [0.05, 0.1) is 43.1 Å². The quantitative estimate of drug-likeness (QED) is 0.215. The van der Waals surface area contributed by atoms with Gasteiger partial charge in [0.1, 0.15) is 29.6 Å². The molecule has 0 bridgehead atoms. The van der Waals surface area contributed by atoms with E-state index in [2.05, 4.69) is 20.2 Å². The molecule has 0 saturated carbocycles. The standard InChI is InChI=1S/C30H26F3N5O5S/c1-30(2)14-42-12-23(30)38-22-10-16(28(39)40)9-20(33)27(22)35-24(38)11-17-18(31)7-15(8-19(17)32)21-5-4-6-25(34-21)43-13-26-36-37-29(41-3)44-26/h4-10,23H,11-14H2,1-3H3,(H,39,40)/t23-/m1/s1. The molecule has 4 heterocycles. The molecule has 0 aliphatic carbocycles. The van der Waals surface area contributed by atoms with Crippen LogP contribution in [0.3, 0.4) is 0 Å². The molecular weight excluding hydrogens is 599 g/mol. The third-order valence-corrected chi connectivity index (χ3v) is 8.35. The smallest absolute Gasteiger partial charge is 0.335 e. The summed E-state index contributed by atoms with van der Waals surface area (Å²) in [7, 11) is 1.48. The second kappa shape index (κ2) is 11.5. The Labute approximate surface area is 253 Å². The summed E-state index contributed by atoms with van der Waals surface area (Å²) in [6.45, 7) is 4.61. The normalized spacial score (nSPS) is 16.0. The predicted molar refractivity (Wildman–Crippen MR) is 153 cm³/mol. The fourth-order valence-corrected chi connectivity index (χ4v) is 5.79. The van der Waals surface area contributed by atoms with Crippen molar-refractivity contribution in [3.63, 3.8) is 0 Å². The lowest BCUT2D eigenvalue weighted by Crippen LogP contribution is -2.27. The number of hydrogen-bond acceptors (Lipinski definition) is 9. The molecular formula is C30H26F3N5O5S. The molecule has 0 radical (unpaired) electrons. The number of rotatable bonds is 9. The van der Waals surface area contributed by atoms with Crippen molar-refractivity contribution in [1.29, 1.82) is 0 Å². The van der Waals surface area contributed by atoms with Crippen molar-refractivity contribution >= 4 is 28.3 Å². The van der Waals surface area contributed by atoms with Crippen molar-refractivity contribution in [2.75, 3.05) is 20.3 Å². The van der Waals surface area contributed by atoms with Crippen molar-refractivity contribution in [2.24, 2.45) is 5.41 Å². The number of pyridine rings is 1. The molecule has 6 rings (SSSR count). The SMILES string of the molecule is COc1nnc(COc2cccc(-c3cc(F)c(Cc4nc5c(F)cc(C(=O)O)cc5n4[C@@H]4COCC4(C)C)c(F)c3)n2)s1. The Morgan fingerprint density at radius 3 is 2.55 bits per heavy atom. The summed E-state index contributed by atoms with van der Waals surface area (Å²) in [6, 6.07) is 9.00. The van der Waals surface area contributed by atoms with Crippen LogP contribution in [0.2, 0.25) is 0 Å². The number of imidazole rings is 1. The number of methoxy groups -OCH3 is 1. The predicted octanol–water partition coefficient (Wildman–Crippen LogP) is 5.84. The molecule has 14 heteroatoms. The molecule has 1 saturated heterocycles. The van der Waals surface area contributed by atoms with Gasteiger partial charge in [-0.2, -0.15) is 0 Å². The third kappa shape index (κ3) is 5.57. The molecule has 2 aromatic carbocycles. The number of benzene rings is 2. The van der Waals surface area contributed by atoms with Crippen LogP contribution in [-0.4, -0.2) is 56.1 Å². The minimum absolute atomic E-state index is 0.0809. The summed E-state index contributed by atoms with van der Waals surface area (Å²) in [4.78, 5) is 20.5. The van der Waals surface area contributed by atoms with E-state index in [0.717, 1.165) is 6.07 Å². The number of carboxylic acids is 1. The molecule has 1 aliphatic heterocycles. The first-order chi connectivity index (χ1) is 21.0. The van der Waals surface area contributed by atoms with Crippen LogP contribution in [0.15, 0.2) is 42.5 Å². The van der Waals surface area contributed by atoms with Gasteiger partial charge in [-0.25, -0.2) is 27.9 Å². The minimum Gasteiger partial charge on any atom is -0.478 e. The van der Waals surface area contributed by atoms with Crippen LogP contribution in [0.25, 0.3) is 22.3 Å². The molecule has 0 spiro atoms. The maximum atomic E-state index is 15.6. The topological polar surface area (TPSA) is 121 Å². The lowest BCUT2D eigenvalue weighted by atomic mass is 9.87. The highest BCUT2D eigenvalue weighted by molar-refractivity contribution is 7.13. The van der Waals surface area contributed by atoms with E-state index in [1.165, 1.54) is 36.6 Å². The number of halogens is 3.